The summed E-state index contributed by atoms with van der Waals surface area (Å²) in [5.41, 5.74) is 5.36. The lowest BCUT2D eigenvalue weighted by Crippen LogP contribution is -2.53. The van der Waals surface area contributed by atoms with E-state index in [9.17, 15) is 21.6 Å². The summed E-state index contributed by atoms with van der Waals surface area (Å²) in [6.07, 6.45) is -0.415. The van der Waals surface area contributed by atoms with Crippen molar-refractivity contribution in [1.29, 1.82) is 5.41 Å². The van der Waals surface area contributed by atoms with Gasteiger partial charge in [0.25, 0.3) is 10.2 Å². The second-order valence-electron chi connectivity index (χ2n) is 4.89. The van der Waals surface area contributed by atoms with Gasteiger partial charge in [-0.2, -0.15) is 31.0 Å². The second kappa shape index (κ2) is 6.72. The van der Waals surface area contributed by atoms with E-state index < -0.39 is 29.0 Å². The van der Waals surface area contributed by atoms with E-state index in [-0.39, 0.29) is 11.8 Å². The van der Waals surface area contributed by atoms with E-state index in [4.69, 9.17) is 11.1 Å². The van der Waals surface area contributed by atoms with Crippen LogP contribution in [0.4, 0.5) is 13.2 Å². The van der Waals surface area contributed by atoms with Crippen LogP contribution in [0.5, 0.6) is 0 Å². The van der Waals surface area contributed by atoms with Crippen molar-refractivity contribution in [2.45, 2.75) is 44.3 Å². The molecule has 1 aliphatic carbocycles. The average Bonchev–Trinajstić information content (AvgIpc) is 2.34. The van der Waals surface area contributed by atoms with Crippen LogP contribution in [0.2, 0.25) is 0 Å². The number of amidine groups is 1. The first-order valence-corrected chi connectivity index (χ1v) is 7.76. The van der Waals surface area contributed by atoms with Crippen LogP contribution in [0.3, 0.4) is 0 Å². The third-order valence-electron chi connectivity index (χ3n) is 3.20. The quantitative estimate of drug-likeness (QED) is 0.431. The second-order valence-corrected chi connectivity index (χ2v) is 6.42. The monoisotopic (exact) mass is 316 g/mol. The van der Waals surface area contributed by atoms with Gasteiger partial charge >= 0.3 is 6.18 Å². The predicted molar refractivity (Wildman–Crippen MR) is 68.4 cm³/mol. The number of halogens is 3. The molecule has 0 amide bonds. The lowest BCUT2D eigenvalue weighted by atomic mass is 9.84. The van der Waals surface area contributed by atoms with E-state index in [0.29, 0.717) is 12.8 Å². The maximum Gasteiger partial charge on any atom is 0.402 e. The number of alkyl halides is 3. The molecule has 10 heteroatoms. The predicted octanol–water partition coefficient (Wildman–Crippen LogP) is 0.858. The zero-order valence-corrected chi connectivity index (χ0v) is 11.6. The lowest BCUT2D eigenvalue weighted by molar-refractivity contribution is -0.121. The van der Waals surface area contributed by atoms with Crippen LogP contribution in [0.15, 0.2) is 0 Å². The zero-order valence-electron chi connectivity index (χ0n) is 10.8. The van der Waals surface area contributed by atoms with Crippen molar-refractivity contribution in [2.75, 3.05) is 6.54 Å². The molecule has 0 aromatic carbocycles. The third-order valence-corrected chi connectivity index (χ3v) is 4.29. The molecule has 0 aromatic heterocycles. The Morgan fingerprint density at radius 2 is 1.85 bits per heavy atom. The molecule has 118 valence electrons. The number of hydrogen-bond donors (Lipinski definition) is 4. The Bertz CT molecular complexity index is 432. The van der Waals surface area contributed by atoms with Crippen molar-refractivity contribution in [3.8, 4) is 0 Å². The van der Waals surface area contributed by atoms with Crippen molar-refractivity contribution in [3.63, 3.8) is 0 Å². The molecular weight excluding hydrogens is 297 g/mol. The van der Waals surface area contributed by atoms with Crippen LogP contribution in [0.25, 0.3) is 0 Å². The Morgan fingerprint density at radius 3 is 2.30 bits per heavy atom. The van der Waals surface area contributed by atoms with Crippen molar-refractivity contribution in [2.24, 2.45) is 11.7 Å². The molecule has 1 unspecified atom stereocenters. The fourth-order valence-corrected chi connectivity index (χ4v) is 3.36. The zero-order chi connectivity index (χ0) is 15.4. The number of nitrogens with two attached hydrogens (primary N) is 1. The normalized spacial score (nSPS) is 19.8. The molecule has 1 saturated carbocycles. The third kappa shape index (κ3) is 6.06. The van der Waals surface area contributed by atoms with Crippen molar-refractivity contribution < 1.29 is 21.6 Å². The summed E-state index contributed by atoms with van der Waals surface area (Å²) >= 11 is 0. The van der Waals surface area contributed by atoms with Crippen molar-refractivity contribution in [1.82, 2.24) is 9.44 Å². The van der Waals surface area contributed by atoms with Crippen LogP contribution >= 0.6 is 0 Å². The number of rotatable bonds is 6. The first kappa shape index (κ1) is 17.2. The van der Waals surface area contributed by atoms with Crippen LogP contribution < -0.4 is 15.2 Å². The van der Waals surface area contributed by atoms with Crippen molar-refractivity contribution in [3.05, 3.63) is 0 Å². The SMILES string of the molecule is N=C(N)C(NS(=O)(=O)NCC(F)(F)F)C1CCCCC1. The van der Waals surface area contributed by atoms with Gasteiger partial charge in [-0.25, -0.2) is 0 Å². The van der Waals surface area contributed by atoms with Gasteiger partial charge in [0.2, 0.25) is 0 Å². The molecule has 6 nitrogen and oxygen atoms in total. The molecular formula is C10H19F3N4O2S. The molecule has 1 atom stereocenters. The Kier molecular flexibility index (Phi) is 5.78. The molecule has 5 N–H and O–H groups in total. The van der Waals surface area contributed by atoms with Gasteiger partial charge in [0, 0.05) is 0 Å². The van der Waals surface area contributed by atoms with Crippen LogP contribution in [-0.4, -0.2) is 33.0 Å². The van der Waals surface area contributed by atoms with Gasteiger partial charge in [-0.05, 0) is 18.8 Å². The van der Waals surface area contributed by atoms with E-state index in [2.05, 4.69) is 0 Å². The van der Waals surface area contributed by atoms with Gasteiger partial charge in [0.15, 0.2) is 0 Å². The molecule has 0 heterocycles. The highest BCUT2D eigenvalue weighted by Gasteiger charge is 2.33. The summed E-state index contributed by atoms with van der Waals surface area (Å²) in [4.78, 5) is 0. The number of nitrogens with one attached hydrogen (secondary N) is 3. The summed E-state index contributed by atoms with van der Waals surface area (Å²) in [6, 6.07) is -0.957. The molecule has 0 radical (unpaired) electrons. The summed E-state index contributed by atoms with van der Waals surface area (Å²) in [6.45, 7) is -1.66. The smallest absolute Gasteiger partial charge is 0.386 e. The van der Waals surface area contributed by atoms with E-state index in [1.807, 2.05) is 4.72 Å². The van der Waals surface area contributed by atoms with Gasteiger partial charge in [-0.1, -0.05) is 19.3 Å². The molecule has 1 rings (SSSR count). The summed E-state index contributed by atoms with van der Waals surface area (Å²) in [5, 5.41) is 7.42. The maximum atomic E-state index is 12.0. The summed E-state index contributed by atoms with van der Waals surface area (Å²) in [5.74, 6) is -0.530. The summed E-state index contributed by atoms with van der Waals surface area (Å²) < 4.78 is 62.6. The molecule has 0 spiro atoms. The molecule has 1 aliphatic rings. The van der Waals surface area contributed by atoms with Gasteiger partial charge in [0.05, 0.1) is 6.04 Å². The molecule has 0 aliphatic heterocycles. The fraction of sp³-hybridized carbons (Fsp3) is 0.900. The lowest BCUT2D eigenvalue weighted by Gasteiger charge is -2.29. The highest BCUT2D eigenvalue weighted by Crippen LogP contribution is 2.26. The topological polar surface area (TPSA) is 108 Å². The largest absolute Gasteiger partial charge is 0.402 e. The number of hydrogen-bond acceptors (Lipinski definition) is 3. The molecule has 20 heavy (non-hydrogen) atoms. The molecule has 1 fully saturated rings. The Labute approximate surface area is 116 Å². The highest BCUT2D eigenvalue weighted by molar-refractivity contribution is 7.87. The summed E-state index contributed by atoms with van der Waals surface area (Å²) in [7, 11) is -4.35. The molecule has 0 saturated heterocycles. The van der Waals surface area contributed by atoms with Gasteiger partial charge < -0.3 is 5.73 Å². The van der Waals surface area contributed by atoms with E-state index in [1.165, 1.54) is 4.72 Å². The van der Waals surface area contributed by atoms with Crippen LogP contribution in [0, 0.1) is 11.3 Å². The van der Waals surface area contributed by atoms with E-state index >= 15 is 0 Å². The Balaban J connectivity index is 2.66. The molecule has 0 bridgehead atoms. The first-order chi connectivity index (χ1) is 9.11. The first-order valence-electron chi connectivity index (χ1n) is 6.28. The standard InChI is InChI=1S/C10H19F3N4O2S/c11-10(12,13)6-16-20(18,19)17-8(9(14)15)7-4-2-1-3-5-7/h7-8,16-17H,1-6H2,(H3,14,15). The van der Waals surface area contributed by atoms with E-state index in [0.717, 1.165) is 19.3 Å². The molecule has 0 aromatic rings. The highest BCUT2D eigenvalue weighted by atomic mass is 32.2. The van der Waals surface area contributed by atoms with Gasteiger partial charge in [-0.3, -0.25) is 5.41 Å². The van der Waals surface area contributed by atoms with Crippen LogP contribution in [0.1, 0.15) is 32.1 Å². The fourth-order valence-electron chi connectivity index (χ4n) is 2.27. The van der Waals surface area contributed by atoms with Gasteiger partial charge in [-0.15, -0.1) is 0 Å². The van der Waals surface area contributed by atoms with E-state index in [1.54, 1.807) is 0 Å². The average molecular weight is 316 g/mol. The van der Waals surface area contributed by atoms with Crippen molar-refractivity contribution >= 4 is 16.0 Å². The maximum absolute atomic E-state index is 12.0. The minimum absolute atomic E-state index is 0.149. The van der Waals surface area contributed by atoms with Gasteiger partial charge in [0.1, 0.15) is 12.4 Å². The minimum atomic E-state index is -4.63. The Morgan fingerprint density at radius 1 is 1.30 bits per heavy atom. The Hall–Kier alpha value is -0.870. The minimum Gasteiger partial charge on any atom is -0.386 e. The van der Waals surface area contributed by atoms with Crippen LogP contribution in [-0.2, 0) is 10.2 Å².